The average molecular weight is 443 g/mol. The van der Waals surface area contributed by atoms with Crippen LogP contribution in [-0.2, 0) is 15.7 Å². The Balaban J connectivity index is 1.73. The second kappa shape index (κ2) is 10.3. The molecule has 1 amide bonds. The summed E-state index contributed by atoms with van der Waals surface area (Å²) < 4.78 is 45.0. The molecule has 174 valence electrons. The van der Waals surface area contributed by atoms with E-state index < -0.39 is 11.9 Å². The molecule has 2 fully saturated rings. The summed E-state index contributed by atoms with van der Waals surface area (Å²) in [5.74, 6) is -0.114. The summed E-state index contributed by atoms with van der Waals surface area (Å²) in [5.41, 5.74) is -1.16. The van der Waals surface area contributed by atoms with Gasteiger partial charge >= 0.3 is 6.18 Å². The van der Waals surface area contributed by atoms with Crippen molar-refractivity contribution < 1.29 is 22.7 Å². The molecule has 2 heterocycles. The van der Waals surface area contributed by atoms with E-state index in [1.54, 1.807) is 6.92 Å². The Kier molecular flexibility index (Phi) is 7.93. The summed E-state index contributed by atoms with van der Waals surface area (Å²) in [6.07, 6.45) is -1.37. The molecule has 0 aromatic carbocycles. The maximum Gasteiger partial charge on any atom is 0.433 e. The van der Waals surface area contributed by atoms with Gasteiger partial charge in [0.25, 0.3) is 0 Å². The third kappa shape index (κ3) is 5.75. The Labute approximate surface area is 182 Å². The molecular weight excluding hydrogens is 409 g/mol. The van der Waals surface area contributed by atoms with E-state index in [0.29, 0.717) is 13.2 Å². The average Bonchev–Trinajstić information content (AvgIpc) is 2.73. The number of hydrogen-bond donors (Lipinski definition) is 0. The molecule has 6 nitrogen and oxygen atoms in total. The van der Waals surface area contributed by atoms with Crippen LogP contribution >= 0.6 is 0 Å². The predicted molar refractivity (Wildman–Crippen MR) is 113 cm³/mol. The number of amides is 1. The van der Waals surface area contributed by atoms with Gasteiger partial charge in [0.15, 0.2) is 0 Å². The van der Waals surface area contributed by atoms with Gasteiger partial charge in [0, 0.05) is 57.8 Å². The number of halogens is 3. The highest BCUT2D eigenvalue weighted by Crippen LogP contribution is 2.40. The molecule has 1 aliphatic carbocycles. The van der Waals surface area contributed by atoms with E-state index in [1.807, 2.05) is 6.92 Å². The fourth-order valence-corrected chi connectivity index (χ4v) is 4.46. The van der Waals surface area contributed by atoms with Crippen LogP contribution in [0.25, 0.3) is 0 Å². The molecule has 9 heteroatoms. The Morgan fingerprint density at radius 1 is 1.19 bits per heavy atom. The molecule has 1 saturated carbocycles. The predicted octanol–water partition coefficient (Wildman–Crippen LogP) is 3.42. The summed E-state index contributed by atoms with van der Waals surface area (Å²) in [5, 5.41) is 0. The van der Waals surface area contributed by atoms with Crippen LogP contribution in [0.15, 0.2) is 18.2 Å². The van der Waals surface area contributed by atoms with Crippen LogP contribution in [-0.4, -0.2) is 78.7 Å². The largest absolute Gasteiger partial charge is 0.433 e. The van der Waals surface area contributed by atoms with Crippen LogP contribution in [0.4, 0.5) is 19.0 Å². The zero-order chi connectivity index (χ0) is 22.5. The van der Waals surface area contributed by atoms with Gasteiger partial charge in [-0.15, -0.1) is 0 Å². The lowest BCUT2D eigenvalue weighted by Crippen LogP contribution is -2.65. The number of nitrogens with zero attached hydrogens (tertiary/aromatic N) is 4. The van der Waals surface area contributed by atoms with Crippen molar-refractivity contribution in [2.24, 2.45) is 0 Å². The second-order valence-electron chi connectivity index (χ2n) is 8.32. The summed E-state index contributed by atoms with van der Waals surface area (Å²) in [6, 6.07) is 3.77. The van der Waals surface area contributed by atoms with E-state index in [4.69, 9.17) is 4.74 Å². The van der Waals surface area contributed by atoms with E-state index in [9.17, 15) is 18.0 Å². The van der Waals surface area contributed by atoms with Gasteiger partial charge in [-0.1, -0.05) is 13.0 Å². The van der Waals surface area contributed by atoms with Crippen molar-refractivity contribution in [2.75, 3.05) is 57.4 Å². The van der Waals surface area contributed by atoms with Crippen molar-refractivity contribution in [1.82, 2.24) is 14.8 Å². The van der Waals surface area contributed by atoms with Crippen LogP contribution in [0.3, 0.4) is 0 Å². The van der Waals surface area contributed by atoms with Crippen molar-refractivity contribution in [1.29, 1.82) is 0 Å². The first-order valence-corrected chi connectivity index (χ1v) is 11.2. The van der Waals surface area contributed by atoms with Gasteiger partial charge in [0.2, 0.25) is 5.91 Å². The Hall–Kier alpha value is -1.71. The first-order chi connectivity index (χ1) is 14.8. The van der Waals surface area contributed by atoms with Crippen LogP contribution in [0.5, 0.6) is 0 Å². The van der Waals surface area contributed by atoms with Gasteiger partial charge in [0.1, 0.15) is 11.5 Å². The number of carbonyl (C=O) groups excluding carboxylic acids is 1. The van der Waals surface area contributed by atoms with Crippen LogP contribution in [0.1, 0.15) is 45.2 Å². The fourth-order valence-electron chi connectivity index (χ4n) is 4.46. The van der Waals surface area contributed by atoms with E-state index in [2.05, 4.69) is 14.8 Å². The highest BCUT2D eigenvalue weighted by Gasteiger charge is 2.45. The number of alkyl halides is 3. The number of rotatable bonds is 9. The Morgan fingerprint density at radius 3 is 2.45 bits per heavy atom. The molecule has 3 rings (SSSR count). The van der Waals surface area contributed by atoms with Crippen molar-refractivity contribution in [3.05, 3.63) is 23.9 Å². The molecule has 2 aliphatic rings. The van der Waals surface area contributed by atoms with Crippen LogP contribution in [0, 0.1) is 0 Å². The van der Waals surface area contributed by atoms with Gasteiger partial charge < -0.3 is 4.74 Å². The zero-order valence-corrected chi connectivity index (χ0v) is 18.5. The molecule has 31 heavy (non-hydrogen) atoms. The third-order valence-electron chi connectivity index (χ3n) is 6.44. The summed E-state index contributed by atoms with van der Waals surface area (Å²) in [4.78, 5) is 22.8. The van der Waals surface area contributed by atoms with Crippen molar-refractivity contribution in [3.8, 4) is 0 Å². The van der Waals surface area contributed by atoms with Gasteiger partial charge in [-0.2, -0.15) is 13.2 Å². The number of pyridine rings is 1. The number of piperazine rings is 1. The molecular formula is C22H33F3N4O2. The minimum Gasteiger partial charge on any atom is -0.380 e. The van der Waals surface area contributed by atoms with E-state index in [1.165, 1.54) is 17.0 Å². The van der Waals surface area contributed by atoms with E-state index in [-0.39, 0.29) is 23.7 Å². The number of aromatic nitrogens is 1. The SMILES string of the molecule is CCOCCN1CCN(C2(CN(C(=O)CC)c3cccc(C(F)(F)F)n3)CCC2)CC1. The van der Waals surface area contributed by atoms with Crippen LogP contribution < -0.4 is 4.90 Å². The minimum atomic E-state index is -4.54. The highest BCUT2D eigenvalue weighted by molar-refractivity contribution is 5.92. The quantitative estimate of drug-likeness (QED) is 0.549. The summed E-state index contributed by atoms with van der Waals surface area (Å²) in [7, 11) is 0. The maximum absolute atomic E-state index is 13.2. The molecule has 0 bridgehead atoms. The normalized spacial score (nSPS) is 19.8. The summed E-state index contributed by atoms with van der Waals surface area (Å²) in [6.45, 7) is 10.1. The maximum atomic E-state index is 13.2. The first kappa shape index (κ1) is 23.9. The molecule has 0 atom stereocenters. The molecule has 0 N–H and O–H groups in total. The minimum absolute atomic E-state index is 0.0864. The standard InChI is InChI=1S/C22H33F3N4O2/c1-3-20(30)29(19-8-5-7-18(26-19)22(23,24)25)17-21(9-6-10-21)28-13-11-27(12-14-28)15-16-31-4-2/h5,7-8H,3-4,6,9-17H2,1-2H3. The number of hydrogen-bond acceptors (Lipinski definition) is 5. The molecule has 0 spiro atoms. The third-order valence-corrected chi connectivity index (χ3v) is 6.44. The van der Waals surface area contributed by atoms with E-state index >= 15 is 0 Å². The molecule has 1 saturated heterocycles. The monoisotopic (exact) mass is 442 g/mol. The van der Waals surface area contributed by atoms with Crippen LogP contribution in [0.2, 0.25) is 0 Å². The van der Waals surface area contributed by atoms with Crippen molar-refractivity contribution >= 4 is 11.7 Å². The van der Waals surface area contributed by atoms with Crippen molar-refractivity contribution in [3.63, 3.8) is 0 Å². The van der Waals surface area contributed by atoms with E-state index in [0.717, 1.165) is 64.7 Å². The Morgan fingerprint density at radius 2 is 1.90 bits per heavy atom. The lowest BCUT2D eigenvalue weighted by Gasteiger charge is -2.54. The lowest BCUT2D eigenvalue weighted by atomic mass is 9.74. The summed E-state index contributed by atoms with van der Waals surface area (Å²) >= 11 is 0. The molecule has 1 aromatic rings. The first-order valence-electron chi connectivity index (χ1n) is 11.2. The fraction of sp³-hybridized carbons (Fsp3) is 0.727. The number of ether oxygens (including phenoxy) is 1. The molecule has 1 aliphatic heterocycles. The smallest absolute Gasteiger partial charge is 0.380 e. The molecule has 0 unspecified atom stereocenters. The zero-order valence-electron chi connectivity index (χ0n) is 18.5. The molecule has 0 radical (unpaired) electrons. The molecule has 1 aromatic heterocycles. The van der Waals surface area contributed by atoms with Gasteiger partial charge in [-0.05, 0) is 38.3 Å². The van der Waals surface area contributed by atoms with Gasteiger partial charge in [-0.3, -0.25) is 19.5 Å². The number of carbonyl (C=O) groups is 1. The van der Waals surface area contributed by atoms with Gasteiger partial charge in [-0.25, -0.2) is 4.98 Å². The second-order valence-corrected chi connectivity index (χ2v) is 8.32. The van der Waals surface area contributed by atoms with Gasteiger partial charge in [0.05, 0.1) is 6.61 Å². The number of anilines is 1. The lowest BCUT2D eigenvalue weighted by molar-refractivity contribution is -0.141. The topological polar surface area (TPSA) is 48.9 Å². The highest BCUT2D eigenvalue weighted by atomic mass is 19.4. The Bertz CT molecular complexity index is 732. The van der Waals surface area contributed by atoms with Crippen molar-refractivity contribution in [2.45, 2.75) is 51.2 Å².